The van der Waals surface area contributed by atoms with Crippen molar-refractivity contribution in [2.75, 3.05) is 5.32 Å². The molecule has 1 N–H and O–H groups in total. The minimum Gasteiger partial charge on any atom is -0.489 e. The van der Waals surface area contributed by atoms with Gasteiger partial charge < -0.3 is 10.1 Å². The number of carbonyl (C=O) groups excluding carboxylic acids is 1. The molecule has 1 amide bonds. The number of hydrogen-bond donors (Lipinski definition) is 1. The van der Waals surface area contributed by atoms with Crippen LogP contribution in [-0.4, -0.2) is 5.91 Å². The summed E-state index contributed by atoms with van der Waals surface area (Å²) in [6.07, 6.45) is 0. The minimum absolute atomic E-state index is 0.217. The molecule has 3 aromatic carbocycles. The molecule has 0 spiro atoms. The van der Waals surface area contributed by atoms with Crippen molar-refractivity contribution in [2.24, 2.45) is 0 Å². The fourth-order valence-electron chi connectivity index (χ4n) is 2.25. The third-order valence-electron chi connectivity index (χ3n) is 3.54. The molecule has 5 heteroatoms. The highest BCUT2D eigenvalue weighted by atomic mass is 19.1. The van der Waals surface area contributed by atoms with Gasteiger partial charge in [0.25, 0.3) is 5.91 Å². The van der Waals surface area contributed by atoms with E-state index in [4.69, 9.17) is 4.74 Å². The summed E-state index contributed by atoms with van der Waals surface area (Å²) in [4.78, 5) is 12.0. The molecular weight excluding hydrogens is 324 g/mol. The Labute approximate surface area is 143 Å². The van der Waals surface area contributed by atoms with Crippen molar-refractivity contribution in [3.05, 3.63) is 95.6 Å². The SMILES string of the molecule is O=C(Nc1ccc(OCc2ccccc2)cc1)c1ccc(F)cc1F. The van der Waals surface area contributed by atoms with Crippen LogP contribution in [0.15, 0.2) is 72.8 Å². The number of benzene rings is 3. The first-order valence-corrected chi connectivity index (χ1v) is 7.65. The maximum atomic E-state index is 13.6. The molecule has 0 saturated carbocycles. The predicted octanol–water partition coefficient (Wildman–Crippen LogP) is 4.80. The van der Waals surface area contributed by atoms with E-state index in [1.807, 2.05) is 30.3 Å². The molecular formula is C20H15F2NO2. The van der Waals surface area contributed by atoms with Gasteiger partial charge in [-0.25, -0.2) is 8.78 Å². The first-order valence-electron chi connectivity index (χ1n) is 7.65. The molecule has 0 aliphatic heterocycles. The maximum Gasteiger partial charge on any atom is 0.258 e. The van der Waals surface area contributed by atoms with Gasteiger partial charge in [0, 0.05) is 11.8 Å². The molecule has 0 bridgehead atoms. The van der Waals surface area contributed by atoms with Gasteiger partial charge in [0.2, 0.25) is 0 Å². The summed E-state index contributed by atoms with van der Waals surface area (Å²) in [5, 5.41) is 2.56. The van der Waals surface area contributed by atoms with E-state index in [1.54, 1.807) is 24.3 Å². The fourth-order valence-corrected chi connectivity index (χ4v) is 2.25. The van der Waals surface area contributed by atoms with Crippen molar-refractivity contribution >= 4 is 11.6 Å². The van der Waals surface area contributed by atoms with Crippen LogP contribution in [0, 0.1) is 11.6 Å². The van der Waals surface area contributed by atoms with Crippen LogP contribution in [0.2, 0.25) is 0 Å². The van der Waals surface area contributed by atoms with Crippen molar-refractivity contribution in [1.29, 1.82) is 0 Å². The predicted molar refractivity (Wildman–Crippen MR) is 91.5 cm³/mol. The number of amides is 1. The Hall–Kier alpha value is -3.21. The van der Waals surface area contributed by atoms with Crippen molar-refractivity contribution in [2.45, 2.75) is 6.61 Å². The number of carbonyl (C=O) groups is 1. The van der Waals surface area contributed by atoms with E-state index in [-0.39, 0.29) is 5.56 Å². The number of hydrogen-bond acceptors (Lipinski definition) is 2. The van der Waals surface area contributed by atoms with Gasteiger partial charge in [-0.2, -0.15) is 0 Å². The largest absolute Gasteiger partial charge is 0.489 e. The van der Waals surface area contributed by atoms with Gasteiger partial charge in [-0.05, 0) is 42.0 Å². The Morgan fingerprint density at radius 2 is 1.64 bits per heavy atom. The van der Waals surface area contributed by atoms with E-state index in [0.29, 0.717) is 24.1 Å². The van der Waals surface area contributed by atoms with Crippen LogP contribution in [-0.2, 0) is 6.61 Å². The van der Waals surface area contributed by atoms with Gasteiger partial charge in [0.05, 0.1) is 5.56 Å². The van der Waals surface area contributed by atoms with Gasteiger partial charge in [-0.3, -0.25) is 4.79 Å². The summed E-state index contributed by atoms with van der Waals surface area (Å²) in [6, 6.07) is 19.3. The normalized spacial score (nSPS) is 10.3. The number of rotatable bonds is 5. The first kappa shape index (κ1) is 16.6. The Bertz CT molecular complexity index is 865. The summed E-state index contributed by atoms with van der Waals surface area (Å²) < 4.78 is 32.2. The lowest BCUT2D eigenvalue weighted by atomic mass is 10.2. The molecule has 0 saturated heterocycles. The second-order valence-electron chi connectivity index (χ2n) is 5.38. The van der Waals surface area contributed by atoms with E-state index < -0.39 is 17.5 Å². The molecule has 0 atom stereocenters. The molecule has 3 nitrogen and oxygen atoms in total. The average molecular weight is 339 g/mol. The van der Waals surface area contributed by atoms with E-state index in [2.05, 4.69) is 5.32 Å². The zero-order chi connectivity index (χ0) is 17.6. The summed E-state index contributed by atoms with van der Waals surface area (Å²) >= 11 is 0. The number of ether oxygens (including phenoxy) is 1. The lowest BCUT2D eigenvalue weighted by molar-refractivity contribution is 0.102. The van der Waals surface area contributed by atoms with Crippen molar-refractivity contribution in [3.63, 3.8) is 0 Å². The standard InChI is InChI=1S/C20H15F2NO2/c21-15-6-11-18(19(22)12-15)20(24)23-16-7-9-17(10-8-16)25-13-14-4-2-1-3-5-14/h1-12H,13H2,(H,23,24). The highest BCUT2D eigenvalue weighted by Crippen LogP contribution is 2.18. The molecule has 0 aromatic heterocycles. The minimum atomic E-state index is -0.902. The van der Waals surface area contributed by atoms with Gasteiger partial charge in [-0.1, -0.05) is 30.3 Å². The molecule has 0 aliphatic rings. The third-order valence-corrected chi connectivity index (χ3v) is 3.54. The second-order valence-corrected chi connectivity index (χ2v) is 5.38. The lowest BCUT2D eigenvalue weighted by Gasteiger charge is -2.09. The Balaban J connectivity index is 1.61. The van der Waals surface area contributed by atoms with Gasteiger partial charge >= 0.3 is 0 Å². The Kier molecular flexibility index (Phi) is 5.04. The smallest absolute Gasteiger partial charge is 0.258 e. The van der Waals surface area contributed by atoms with Crippen LogP contribution in [0.3, 0.4) is 0 Å². The molecule has 25 heavy (non-hydrogen) atoms. The first-order chi connectivity index (χ1) is 12.1. The zero-order valence-electron chi connectivity index (χ0n) is 13.2. The van der Waals surface area contributed by atoms with Crippen LogP contribution < -0.4 is 10.1 Å². The number of halogens is 2. The molecule has 3 aromatic rings. The van der Waals surface area contributed by atoms with Crippen molar-refractivity contribution < 1.29 is 18.3 Å². The van der Waals surface area contributed by atoms with E-state index >= 15 is 0 Å². The monoisotopic (exact) mass is 339 g/mol. The van der Waals surface area contributed by atoms with Gasteiger partial charge in [0.15, 0.2) is 0 Å². The molecule has 0 unspecified atom stereocenters. The zero-order valence-corrected chi connectivity index (χ0v) is 13.2. The molecule has 0 heterocycles. The van der Waals surface area contributed by atoms with E-state index in [1.165, 1.54) is 0 Å². The number of nitrogens with one attached hydrogen (secondary N) is 1. The topological polar surface area (TPSA) is 38.3 Å². The van der Waals surface area contributed by atoms with Crippen LogP contribution in [0.5, 0.6) is 5.75 Å². The van der Waals surface area contributed by atoms with Gasteiger partial charge in [0.1, 0.15) is 24.0 Å². The van der Waals surface area contributed by atoms with Gasteiger partial charge in [-0.15, -0.1) is 0 Å². The highest BCUT2D eigenvalue weighted by Gasteiger charge is 2.12. The van der Waals surface area contributed by atoms with E-state index in [9.17, 15) is 13.6 Å². The summed E-state index contributed by atoms with van der Waals surface area (Å²) in [5.74, 6) is -1.63. The molecule has 0 aliphatic carbocycles. The summed E-state index contributed by atoms with van der Waals surface area (Å²) in [5.41, 5.74) is 1.32. The Morgan fingerprint density at radius 3 is 2.32 bits per heavy atom. The van der Waals surface area contributed by atoms with Crippen LogP contribution >= 0.6 is 0 Å². The fraction of sp³-hybridized carbons (Fsp3) is 0.0500. The quantitative estimate of drug-likeness (QED) is 0.725. The highest BCUT2D eigenvalue weighted by molar-refractivity contribution is 6.04. The van der Waals surface area contributed by atoms with Crippen molar-refractivity contribution in [3.8, 4) is 5.75 Å². The Morgan fingerprint density at radius 1 is 0.920 bits per heavy atom. The molecule has 0 radical (unpaired) electrons. The average Bonchev–Trinajstić information content (AvgIpc) is 2.62. The summed E-state index contributed by atoms with van der Waals surface area (Å²) in [6.45, 7) is 0.438. The maximum absolute atomic E-state index is 13.6. The second kappa shape index (κ2) is 7.57. The van der Waals surface area contributed by atoms with E-state index in [0.717, 1.165) is 17.7 Å². The molecule has 0 fully saturated rings. The summed E-state index contributed by atoms with van der Waals surface area (Å²) in [7, 11) is 0. The lowest BCUT2D eigenvalue weighted by Crippen LogP contribution is -2.13. The third kappa shape index (κ3) is 4.41. The molecule has 3 rings (SSSR count). The number of anilines is 1. The molecule has 126 valence electrons. The van der Waals surface area contributed by atoms with Crippen LogP contribution in [0.25, 0.3) is 0 Å². The van der Waals surface area contributed by atoms with Crippen LogP contribution in [0.4, 0.5) is 14.5 Å². The van der Waals surface area contributed by atoms with Crippen molar-refractivity contribution in [1.82, 2.24) is 0 Å². The van der Waals surface area contributed by atoms with Crippen LogP contribution in [0.1, 0.15) is 15.9 Å².